The molecule has 0 aromatic heterocycles. The Morgan fingerprint density at radius 1 is 1.17 bits per heavy atom. The van der Waals surface area contributed by atoms with Crippen LogP contribution in [-0.4, -0.2) is 0 Å². The van der Waals surface area contributed by atoms with Gasteiger partial charge in [-0.25, -0.2) is 0 Å². The Morgan fingerprint density at radius 2 is 1.17 bits per heavy atom. The molecule has 0 aromatic rings. The van der Waals surface area contributed by atoms with Crippen LogP contribution in [0.4, 0.5) is 0 Å². The molecule has 0 unspecified atom stereocenters. The molecule has 0 amide bonds. The maximum absolute atomic E-state index is 8.92. The van der Waals surface area contributed by atoms with Gasteiger partial charge in [0, 0.05) is 0 Å². The average molecular weight is 286 g/mol. The summed E-state index contributed by atoms with van der Waals surface area (Å²) in [5, 5.41) is 0. The Morgan fingerprint density at radius 3 is 1.17 bits per heavy atom. The van der Waals surface area contributed by atoms with E-state index < -0.39 is 6.72 Å². The molecule has 0 saturated carbocycles. The molecule has 6 heavy (non-hydrogen) atoms. The Balaban J connectivity index is 0. The van der Waals surface area contributed by atoms with Crippen LogP contribution in [0.2, 0.25) is 0 Å². The maximum Gasteiger partial charge on any atom is 3.00 e. The van der Waals surface area contributed by atoms with Gasteiger partial charge in [0.05, 0.1) is 0 Å². The summed E-state index contributed by atoms with van der Waals surface area (Å²) >= 11 is 3.27. The number of rotatable bonds is 0. The van der Waals surface area contributed by atoms with Gasteiger partial charge in [0.2, 0.25) is 0 Å². The Kier molecular flexibility index (Phi) is 6.64. The third-order valence-electron chi connectivity index (χ3n) is 0. The minimum absolute atomic E-state index is 0. The molecule has 0 rings (SSSR count). The van der Waals surface area contributed by atoms with Gasteiger partial charge in [-0.1, -0.05) is 0 Å². The minimum atomic E-state index is -4.56. The molecular formula is LuO3PS. The first-order chi connectivity index (χ1) is 2.00. The second-order valence-corrected chi connectivity index (χ2v) is 2.68. The summed E-state index contributed by atoms with van der Waals surface area (Å²) in [4.78, 5) is 26.8. The van der Waals surface area contributed by atoms with E-state index in [4.69, 9.17) is 14.7 Å². The molecule has 0 radical (unpaired) electrons. The molecule has 0 aliphatic rings. The van der Waals surface area contributed by atoms with Gasteiger partial charge in [-0.15, -0.1) is 0 Å². The zero-order valence-corrected chi connectivity index (χ0v) is 5.71. The Bertz CT molecular complexity index is 56.9. The van der Waals surface area contributed by atoms with Crippen molar-refractivity contribution in [3.63, 3.8) is 0 Å². The molecule has 0 bridgehead atoms. The molecule has 0 fully saturated rings. The summed E-state index contributed by atoms with van der Waals surface area (Å²) in [6.45, 7) is -4.56. The molecule has 0 aliphatic carbocycles. The standard InChI is InChI=1S/Lu.H3O3PS/c;1-4(2,3)5/h;(H3,1,2,3,5)/q+3;/p-3. The van der Waals surface area contributed by atoms with E-state index in [-0.39, 0.29) is 36.9 Å². The topological polar surface area (TPSA) is 69.2 Å². The van der Waals surface area contributed by atoms with Crippen LogP contribution in [0.25, 0.3) is 0 Å². The van der Waals surface area contributed by atoms with Gasteiger partial charge >= 0.3 is 36.9 Å². The van der Waals surface area contributed by atoms with Gasteiger partial charge in [-0.2, -0.15) is 11.8 Å². The fourth-order valence-electron chi connectivity index (χ4n) is 0. The number of hydrogen-bond acceptors (Lipinski definition) is 4. The van der Waals surface area contributed by atoms with E-state index in [0.717, 1.165) is 0 Å². The van der Waals surface area contributed by atoms with Gasteiger partial charge in [-0.3, -0.25) is 0 Å². The first-order valence-electron chi connectivity index (χ1n) is 0.730. The smallest absolute Gasteiger partial charge is 0.844 e. The third kappa shape index (κ3) is 42.0. The van der Waals surface area contributed by atoms with Gasteiger partial charge in [0.15, 0.2) is 0 Å². The van der Waals surface area contributed by atoms with Gasteiger partial charge < -0.3 is 21.4 Å². The van der Waals surface area contributed by atoms with Gasteiger partial charge in [0.1, 0.15) is 0 Å². The van der Waals surface area contributed by atoms with Crippen molar-refractivity contribution in [1.29, 1.82) is 0 Å². The second-order valence-electron chi connectivity index (χ2n) is 0.447. The third-order valence-corrected chi connectivity index (χ3v) is 0. The first kappa shape index (κ1) is 10.7. The van der Waals surface area contributed by atoms with Crippen molar-refractivity contribution < 1.29 is 51.6 Å². The van der Waals surface area contributed by atoms with E-state index in [0.29, 0.717) is 0 Å². The van der Waals surface area contributed by atoms with Crippen LogP contribution in [0.15, 0.2) is 0 Å². The van der Waals surface area contributed by atoms with E-state index >= 15 is 0 Å². The Hall–Kier alpha value is 1.76. The molecule has 0 aliphatic heterocycles. The van der Waals surface area contributed by atoms with Crippen LogP contribution in [0.3, 0.4) is 0 Å². The van der Waals surface area contributed by atoms with Crippen LogP contribution >= 0.6 is 6.72 Å². The van der Waals surface area contributed by atoms with E-state index in [1.54, 1.807) is 0 Å². The Labute approximate surface area is 69.4 Å². The van der Waals surface area contributed by atoms with Crippen molar-refractivity contribution in [3.8, 4) is 0 Å². The van der Waals surface area contributed by atoms with Crippen molar-refractivity contribution in [2.75, 3.05) is 0 Å². The van der Waals surface area contributed by atoms with E-state index in [1.807, 2.05) is 0 Å². The maximum atomic E-state index is 8.92. The predicted octanol–water partition coefficient (Wildman–Crippen LogP) is -2.71. The molecule has 0 aromatic carbocycles. The predicted molar refractivity (Wildman–Crippen MR) is 14.3 cm³/mol. The summed E-state index contributed by atoms with van der Waals surface area (Å²) in [5.74, 6) is 0. The summed E-state index contributed by atoms with van der Waals surface area (Å²) in [5.41, 5.74) is 0. The molecule has 44 valence electrons. The van der Waals surface area contributed by atoms with E-state index in [1.165, 1.54) is 0 Å². The summed E-state index contributed by atoms with van der Waals surface area (Å²) in [6, 6.07) is 0. The fraction of sp³-hybridized carbons (Fsp3) is 0. The monoisotopic (exact) mass is 286 g/mol. The van der Waals surface area contributed by atoms with Crippen LogP contribution in [0.1, 0.15) is 0 Å². The molecule has 0 N–H and O–H groups in total. The van der Waals surface area contributed by atoms with Crippen LogP contribution < -0.4 is 14.7 Å². The molecule has 3 nitrogen and oxygen atoms in total. The van der Waals surface area contributed by atoms with Crippen molar-refractivity contribution >= 4 is 18.5 Å². The molecule has 0 saturated heterocycles. The molecule has 0 heterocycles. The zero-order valence-electron chi connectivity index (χ0n) is 2.34. The molecular weight excluding hydrogens is 286 g/mol. The quantitative estimate of drug-likeness (QED) is 0.454. The van der Waals surface area contributed by atoms with Crippen LogP contribution in [0.5, 0.6) is 0 Å². The molecule has 0 spiro atoms. The van der Waals surface area contributed by atoms with E-state index in [9.17, 15) is 0 Å². The summed E-state index contributed by atoms with van der Waals surface area (Å²) in [7, 11) is 0. The van der Waals surface area contributed by atoms with Crippen LogP contribution in [-0.2, 0) is 11.8 Å². The summed E-state index contributed by atoms with van der Waals surface area (Å²) < 4.78 is 0. The van der Waals surface area contributed by atoms with Crippen molar-refractivity contribution in [3.05, 3.63) is 0 Å². The SMILES string of the molecule is [Lu+3].[O-]P([O-])([O-])=S. The van der Waals surface area contributed by atoms with Crippen LogP contribution in [0, 0.1) is 36.9 Å². The van der Waals surface area contributed by atoms with E-state index in [2.05, 4.69) is 11.8 Å². The van der Waals surface area contributed by atoms with Crippen molar-refractivity contribution in [1.82, 2.24) is 0 Å². The first-order valence-corrected chi connectivity index (χ1v) is 3.29. The molecule has 0 atom stereocenters. The number of hydrogen-bond donors (Lipinski definition) is 0. The van der Waals surface area contributed by atoms with Crippen molar-refractivity contribution in [2.24, 2.45) is 0 Å². The second kappa shape index (κ2) is 3.73. The zero-order chi connectivity index (χ0) is 4.50. The largest absolute Gasteiger partial charge is 3.00 e. The normalized spacial score (nSPS) is 9.83. The fourth-order valence-corrected chi connectivity index (χ4v) is 0. The van der Waals surface area contributed by atoms with Gasteiger partial charge in [-0.05, 0) is 0 Å². The van der Waals surface area contributed by atoms with Crippen molar-refractivity contribution in [2.45, 2.75) is 0 Å². The van der Waals surface area contributed by atoms with Gasteiger partial charge in [0.25, 0.3) is 0 Å². The summed E-state index contributed by atoms with van der Waals surface area (Å²) in [6.07, 6.45) is 0. The average Bonchev–Trinajstić information content (AvgIpc) is 0.722. The minimum Gasteiger partial charge on any atom is -0.844 e. The molecule has 6 heteroatoms.